The zero-order chi connectivity index (χ0) is 14.4. The molecule has 0 aliphatic heterocycles. The third kappa shape index (κ3) is 4.39. The Bertz CT molecular complexity index is 437. The van der Waals surface area contributed by atoms with Gasteiger partial charge in [-0.1, -0.05) is 39.3 Å². The van der Waals surface area contributed by atoms with E-state index in [1.807, 2.05) is 19.1 Å². The monoisotopic (exact) mass is 263 g/mol. The highest BCUT2D eigenvalue weighted by Gasteiger charge is 2.19. The molecule has 104 valence electrons. The quantitative estimate of drug-likeness (QED) is 0.829. The van der Waals surface area contributed by atoms with Gasteiger partial charge in [-0.25, -0.2) is 4.79 Å². The van der Waals surface area contributed by atoms with Crippen LogP contribution in [0.25, 0.3) is 0 Å². The minimum absolute atomic E-state index is 0.337. The second-order valence-corrected chi connectivity index (χ2v) is 4.93. The lowest BCUT2D eigenvalue weighted by Gasteiger charge is -2.14. The van der Waals surface area contributed by atoms with Crippen LogP contribution in [-0.4, -0.2) is 23.0 Å². The summed E-state index contributed by atoms with van der Waals surface area (Å²) >= 11 is 0. The maximum Gasteiger partial charge on any atom is 0.326 e. The molecule has 0 unspecified atom stereocenters. The van der Waals surface area contributed by atoms with Crippen LogP contribution in [-0.2, 0) is 4.79 Å². The van der Waals surface area contributed by atoms with Gasteiger partial charge in [-0.3, -0.25) is 4.79 Å². The number of aliphatic carboxylic acids is 1. The number of carbonyl (C=O) groups is 2. The predicted octanol–water partition coefficient (Wildman–Crippen LogP) is 2.79. The van der Waals surface area contributed by atoms with E-state index in [1.54, 1.807) is 12.1 Å². The molecule has 1 amide bonds. The van der Waals surface area contributed by atoms with Gasteiger partial charge in [-0.2, -0.15) is 0 Å². The molecule has 2 N–H and O–H groups in total. The van der Waals surface area contributed by atoms with E-state index < -0.39 is 12.0 Å². The van der Waals surface area contributed by atoms with Crippen LogP contribution < -0.4 is 5.32 Å². The molecule has 0 radical (unpaired) electrons. The van der Waals surface area contributed by atoms with Crippen molar-refractivity contribution in [3.05, 3.63) is 35.4 Å². The van der Waals surface area contributed by atoms with Crippen LogP contribution in [0.1, 0.15) is 55.5 Å². The molecule has 0 saturated heterocycles. The van der Waals surface area contributed by atoms with E-state index >= 15 is 0 Å². The van der Waals surface area contributed by atoms with Crippen molar-refractivity contribution in [2.75, 3.05) is 0 Å². The first-order valence-corrected chi connectivity index (χ1v) is 6.59. The van der Waals surface area contributed by atoms with Crippen LogP contribution >= 0.6 is 0 Å². The minimum atomic E-state index is -0.992. The fourth-order valence-corrected chi connectivity index (χ4v) is 1.81. The number of hydrogen-bond donors (Lipinski definition) is 2. The van der Waals surface area contributed by atoms with Crippen LogP contribution in [0.2, 0.25) is 0 Å². The fourth-order valence-electron chi connectivity index (χ4n) is 1.81. The number of hydrogen-bond acceptors (Lipinski definition) is 2. The number of carboxylic acids is 1. The summed E-state index contributed by atoms with van der Waals surface area (Å²) in [5.41, 5.74) is 1.65. The standard InChI is InChI=1S/C15H21NO3/c1-4-5-13(15(18)19)16-14(17)12-8-6-11(7-9-12)10(2)3/h6-10,13H,4-5H2,1-3H3,(H,16,17)(H,18,19)/t13-/m0/s1. The van der Waals surface area contributed by atoms with Crippen molar-refractivity contribution in [2.24, 2.45) is 0 Å². The lowest BCUT2D eigenvalue weighted by atomic mass is 10.0. The number of amides is 1. The molecular weight excluding hydrogens is 242 g/mol. The normalized spacial score (nSPS) is 12.2. The van der Waals surface area contributed by atoms with Gasteiger partial charge in [0.15, 0.2) is 0 Å². The largest absolute Gasteiger partial charge is 0.480 e. The second kappa shape index (κ2) is 6.92. The second-order valence-electron chi connectivity index (χ2n) is 4.93. The first-order valence-electron chi connectivity index (χ1n) is 6.59. The fraction of sp³-hybridized carbons (Fsp3) is 0.467. The summed E-state index contributed by atoms with van der Waals surface area (Å²) < 4.78 is 0. The Balaban J connectivity index is 2.74. The molecule has 0 saturated carbocycles. The summed E-state index contributed by atoms with van der Waals surface area (Å²) in [7, 11) is 0. The van der Waals surface area contributed by atoms with Gasteiger partial charge in [-0.15, -0.1) is 0 Å². The van der Waals surface area contributed by atoms with Crippen LogP contribution in [0.5, 0.6) is 0 Å². The zero-order valence-electron chi connectivity index (χ0n) is 11.6. The van der Waals surface area contributed by atoms with Crippen molar-refractivity contribution in [2.45, 2.75) is 45.6 Å². The number of carbonyl (C=O) groups excluding carboxylic acids is 1. The number of benzene rings is 1. The summed E-state index contributed by atoms with van der Waals surface area (Å²) in [4.78, 5) is 22.9. The lowest BCUT2D eigenvalue weighted by Crippen LogP contribution is -2.40. The summed E-state index contributed by atoms with van der Waals surface area (Å²) in [6, 6.07) is 6.44. The molecule has 0 spiro atoms. The van der Waals surface area contributed by atoms with Gasteiger partial charge in [0.25, 0.3) is 5.91 Å². The van der Waals surface area contributed by atoms with Crippen molar-refractivity contribution in [3.63, 3.8) is 0 Å². The van der Waals surface area contributed by atoms with E-state index in [9.17, 15) is 9.59 Å². The molecule has 4 heteroatoms. The molecule has 0 bridgehead atoms. The molecule has 0 fully saturated rings. The van der Waals surface area contributed by atoms with Gasteiger partial charge in [-0.05, 0) is 30.0 Å². The van der Waals surface area contributed by atoms with Gasteiger partial charge in [0, 0.05) is 5.56 Å². The number of nitrogens with one attached hydrogen (secondary N) is 1. The zero-order valence-corrected chi connectivity index (χ0v) is 11.6. The van der Waals surface area contributed by atoms with E-state index in [-0.39, 0.29) is 5.91 Å². The maximum atomic E-state index is 11.9. The Kier molecular flexibility index (Phi) is 5.55. The van der Waals surface area contributed by atoms with Crippen LogP contribution in [0.3, 0.4) is 0 Å². The van der Waals surface area contributed by atoms with E-state index in [0.29, 0.717) is 24.3 Å². The Morgan fingerprint density at radius 2 is 1.79 bits per heavy atom. The third-order valence-electron chi connectivity index (χ3n) is 3.02. The Hall–Kier alpha value is -1.84. The SMILES string of the molecule is CCC[C@H](NC(=O)c1ccc(C(C)C)cc1)C(=O)O. The molecule has 0 aromatic heterocycles. The molecule has 0 aliphatic rings. The predicted molar refractivity (Wildman–Crippen MR) is 74.3 cm³/mol. The molecule has 0 aliphatic carbocycles. The summed E-state index contributed by atoms with van der Waals surface area (Å²) in [6.07, 6.45) is 1.15. The molecule has 1 rings (SSSR count). The topological polar surface area (TPSA) is 66.4 Å². The smallest absolute Gasteiger partial charge is 0.326 e. The molecule has 19 heavy (non-hydrogen) atoms. The number of rotatable bonds is 6. The summed E-state index contributed by atoms with van der Waals surface area (Å²) in [6.45, 7) is 6.05. The Labute approximate surface area is 113 Å². The van der Waals surface area contributed by atoms with Crippen LogP contribution in [0.4, 0.5) is 0 Å². The molecule has 4 nitrogen and oxygen atoms in total. The molecule has 0 heterocycles. The van der Waals surface area contributed by atoms with Crippen molar-refractivity contribution in [1.29, 1.82) is 0 Å². The average Bonchev–Trinajstić information content (AvgIpc) is 2.38. The highest BCUT2D eigenvalue weighted by Crippen LogP contribution is 2.14. The third-order valence-corrected chi connectivity index (χ3v) is 3.02. The Morgan fingerprint density at radius 1 is 1.21 bits per heavy atom. The van der Waals surface area contributed by atoms with Crippen molar-refractivity contribution in [3.8, 4) is 0 Å². The summed E-state index contributed by atoms with van der Waals surface area (Å²) in [5, 5.41) is 11.5. The van der Waals surface area contributed by atoms with Crippen molar-refractivity contribution < 1.29 is 14.7 Å². The molecule has 1 atom stereocenters. The van der Waals surface area contributed by atoms with E-state index in [1.165, 1.54) is 0 Å². The van der Waals surface area contributed by atoms with E-state index in [0.717, 1.165) is 5.56 Å². The van der Waals surface area contributed by atoms with Crippen LogP contribution in [0, 0.1) is 0 Å². The first kappa shape index (κ1) is 15.2. The minimum Gasteiger partial charge on any atom is -0.480 e. The highest BCUT2D eigenvalue weighted by molar-refractivity contribution is 5.96. The molecule has 1 aromatic rings. The van der Waals surface area contributed by atoms with E-state index in [4.69, 9.17) is 5.11 Å². The van der Waals surface area contributed by atoms with Crippen molar-refractivity contribution in [1.82, 2.24) is 5.32 Å². The van der Waals surface area contributed by atoms with Gasteiger partial charge < -0.3 is 10.4 Å². The molecule has 1 aromatic carbocycles. The number of carboxylic acid groups (broad SMARTS) is 1. The molecular formula is C15H21NO3. The van der Waals surface area contributed by atoms with Gasteiger partial charge in [0.05, 0.1) is 0 Å². The average molecular weight is 263 g/mol. The lowest BCUT2D eigenvalue weighted by molar-refractivity contribution is -0.139. The van der Waals surface area contributed by atoms with E-state index in [2.05, 4.69) is 19.2 Å². The first-order chi connectivity index (χ1) is 8.95. The van der Waals surface area contributed by atoms with Crippen LogP contribution in [0.15, 0.2) is 24.3 Å². The van der Waals surface area contributed by atoms with Gasteiger partial charge in [0.2, 0.25) is 0 Å². The maximum absolute atomic E-state index is 11.9. The van der Waals surface area contributed by atoms with Gasteiger partial charge in [0.1, 0.15) is 6.04 Å². The van der Waals surface area contributed by atoms with Crippen molar-refractivity contribution >= 4 is 11.9 Å². The van der Waals surface area contributed by atoms with Gasteiger partial charge >= 0.3 is 5.97 Å². The Morgan fingerprint density at radius 3 is 2.21 bits per heavy atom. The highest BCUT2D eigenvalue weighted by atomic mass is 16.4. The summed E-state index contributed by atoms with van der Waals surface area (Å²) in [5.74, 6) is -0.922.